The lowest BCUT2D eigenvalue weighted by atomic mass is 9.96. The van der Waals surface area contributed by atoms with Crippen molar-refractivity contribution in [1.82, 2.24) is 10.6 Å². The van der Waals surface area contributed by atoms with Crippen LogP contribution in [0.2, 0.25) is 0 Å². The third-order valence-electron chi connectivity index (χ3n) is 4.75. The number of hydrogen-bond acceptors (Lipinski definition) is 5. The highest BCUT2D eigenvalue weighted by Gasteiger charge is 2.31. The smallest absolute Gasteiger partial charge is 0.353 e. The summed E-state index contributed by atoms with van der Waals surface area (Å²) in [6, 6.07) is 7.57. The van der Waals surface area contributed by atoms with Gasteiger partial charge in [0.25, 0.3) is 5.91 Å². The van der Waals surface area contributed by atoms with Crippen LogP contribution in [-0.4, -0.2) is 30.8 Å². The Morgan fingerprint density at radius 1 is 1.00 bits per heavy atom. The van der Waals surface area contributed by atoms with Gasteiger partial charge in [-0.2, -0.15) is 0 Å². The highest BCUT2D eigenvalue weighted by Crippen LogP contribution is 2.38. The van der Waals surface area contributed by atoms with Crippen molar-refractivity contribution in [2.45, 2.75) is 32.1 Å². The molecule has 154 valence electrons. The summed E-state index contributed by atoms with van der Waals surface area (Å²) in [6.07, 6.45) is 2.18. The molecule has 1 aliphatic rings. The van der Waals surface area contributed by atoms with E-state index in [1.807, 2.05) is 24.3 Å². The number of hydrogen-bond donors (Lipinski definition) is 3. The maximum Gasteiger partial charge on any atom is 0.353 e. The van der Waals surface area contributed by atoms with Crippen LogP contribution in [0.15, 0.2) is 48.8 Å². The maximum atomic E-state index is 12.5. The molecule has 0 spiro atoms. The van der Waals surface area contributed by atoms with Crippen LogP contribution in [0.25, 0.3) is 0 Å². The SMILES string of the molecule is C=C(NC(=O)C1CCC(c2ccc(NC(C)=O)cc2)C1)C(=O)NC(=C)C(=O)OC. The lowest BCUT2D eigenvalue weighted by molar-refractivity contribution is -0.137. The Balaban J connectivity index is 1.87. The van der Waals surface area contributed by atoms with E-state index >= 15 is 0 Å². The lowest BCUT2D eigenvalue weighted by Crippen LogP contribution is -2.37. The Morgan fingerprint density at radius 3 is 2.24 bits per heavy atom. The number of rotatable bonds is 7. The number of carbonyl (C=O) groups excluding carboxylic acids is 4. The second-order valence-electron chi connectivity index (χ2n) is 6.90. The van der Waals surface area contributed by atoms with Gasteiger partial charge in [0.1, 0.15) is 5.70 Å². The first-order valence-electron chi connectivity index (χ1n) is 9.17. The van der Waals surface area contributed by atoms with Crippen LogP contribution in [-0.2, 0) is 23.9 Å². The summed E-state index contributed by atoms with van der Waals surface area (Å²) in [7, 11) is 1.17. The zero-order chi connectivity index (χ0) is 21.6. The summed E-state index contributed by atoms with van der Waals surface area (Å²) in [5.41, 5.74) is 1.42. The molecule has 2 rings (SSSR count). The average Bonchev–Trinajstić information content (AvgIpc) is 3.17. The fourth-order valence-corrected chi connectivity index (χ4v) is 3.26. The Kier molecular flexibility index (Phi) is 7.30. The van der Waals surface area contributed by atoms with Gasteiger partial charge in [-0.15, -0.1) is 0 Å². The van der Waals surface area contributed by atoms with E-state index in [1.54, 1.807) is 0 Å². The van der Waals surface area contributed by atoms with E-state index in [1.165, 1.54) is 14.0 Å². The summed E-state index contributed by atoms with van der Waals surface area (Å²) < 4.78 is 4.44. The molecule has 0 heterocycles. The molecule has 0 aromatic heterocycles. The van der Waals surface area contributed by atoms with Gasteiger partial charge in [0.15, 0.2) is 0 Å². The van der Waals surface area contributed by atoms with Crippen LogP contribution < -0.4 is 16.0 Å². The number of methoxy groups -OCH3 is 1. The highest BCUT2D eigenvalue weighted by atomic mass is 16.5. The van der Waals surface area contributed by atoms with Crippen molar-refractivity contribution >= 4 is 29.4 Å². The van der Waals surface area contributed by atoms with E-state index in [0.29, 0.717) is 12.8 Å². The van der Waals surface area contributed by atoms with Crippen LogP contribution in [0.3, 0.4) is 0 Å². The molecule has 1 fully saturated rings. The molecule has 8 heteroatoms. The zero-order valence-electron chi connectivity index (χ0n) is 16.5. The number of benzene rings is 1. The molecule has 1 saturated carbocycles. The average molecular weight is 399 g/mol. The van der Waals surface area contributed by atoms with E-state index in [0.717, 1.165) is 17.7 Å². The number of amides is 3. The summed E-state index contributed by atoms with van der Waals surface area (Å²) in [4.78, 5) is 46.8. The number of esters is 1. The van der Waals surface area contributed by atoms with Crippen molar-refractivity contribution in [2.75, 3.05) is 12.4 Å². The molecule has 0 aliphatic heterocycles. The Bertz CT molecular complexity index is 844. The largest absolute Gasteiger partial charge is 0.464 e. The van der Waals surface area contributed by atoms with Gasteiger partial charge in [0.2, 0.25) is 11.8 Å². The second-order valence-corrected chi connectivity index (χ2v) is 6.90. The molecule has 0 bridgehead atoms. The molecule has 3 N–H and O–H groups in total. The first kappa shape index (κ1) is 21.9. The van der Waals surface area contributed by atoms with E-state index in [9.17, 15) is 19.2 Å². The van der Waals surface area contributed by atoms with Gasteiger partial charge in [-0.05, 0) is 42.9 Å². The fraction of sp³-hybridized carbons (Fsp3) is 0.333. The summed E-state index contributed by atoms with van der Waals surface area (Å²) in [5.74, 6) is -1.94. The minimum absolute atomic E-state index is 0.130. The minimum atomic E-state index is -0.777. The maximum absolute atomic E-state index is 12.5. The van der Waals surface area contributed by atoms with Gasteiger partial charge in [-0.25, -0.2) is 4.79 Å². The number of ether oxygens (including phenoxy) is 1. The lowest BCUT2D eigenvalue weighted by Gasteiger charge is -2.14. The van der Waals surface area contributed by atoms with Crippen LogP contribution in [0.1, 0.15) is 37.7 Å². The van der Waals surface area contributed by atoms with Gasteiger partial charge in [-0.3, -0.25) is 14.4 Å². The van der Waals surface area contributed by atoms with E-state index in [4.69, 9.17) is 0 Å². The van der Waals surface area contributed by atoms with Crippen LogP contribution in [0.5, 0.6) is 0 Å². The summed E-state index contributed by atoms with van der Waals surface area (Å²) in [5, 5.41) is 7.45. The molecule has 1 aromatic carbocycles. The van der Waals surface area contributed by atoms with E-state index in [2.05, 4.69) is 33.8 Å². The second kappa shape index (κ2) is 9.68. The normalized spacial score (nSPS) is 17.7. The number of anilines is 1. The molecule has 2 unspecified atom stereocenters. The zero-order valence-corrected chi connectivity index (χ0v) is 16.5. The van der Waals surface area contributed by atoms with Crippen LogP contribution in [0, 0.1) is 5.92 Å². The van der Waals surface area contributed by atoms with Crippen molar-refractivity contribution in [2.24, 2.45) is 5.92 Å². The molecular formula is C21H25N3O5. The van der Waals surface area contributed by atoms with Gasteiger partial charge >= 0.3 is 5.97 Å². The van der Waals surface area contributed by atoms with Gasteiger partial charge in [-0.1, -0.05) is 25.3 Å². The van der Waals surface area contributed by atoms with Crippen molar-refractivity contribution in [3.05, 3.63) is 54.4 Å². The van der Waals surface area contributed by atoms with Crippen LogP contribution in [0.4, 0.5) is 5.69 Å². The molecule has 3 amide bonds. The molecule has 0 saturated heterocycles. The van der Waals surface area contributed by atoms with Gasteiger partial charge < -0.3 is 20.7 Å². The molecule has 8 nitrogen and oxygen atoms in total. The molecule has 1 aliphatic carbocycles. The standard InChI is InChI=1S/C21H25N3O5/c1-12(19(26)23-13(2)21(28)29-4)22-20(27)17-6-5-16(11-17)15-7-9-18(10-8-15)24-14(3)25/h7-10,16-17H,1-2,5-6,11H2,3-4H3,(H,22,27)(H,23,26)(H,24,25). The third-order valence-corrected chi connectivity index (χ3v) is 4.75. The Labute approximate surface area is 169 Å². The molecule has 1 aromatic rings. The first-order chi connectivity index (χ1) is 13.7. The van der Waals surface area contributed by atoms with Crippen molar-refractivity contribution in [3.63, 3.8) is 0 Å². The quantitative estimate of drug-likeness (QED) is 0.479. The van der Waals surface area contributed by atoms with Crippen molar-refractivity contribution < 1.29 is 23.9 Å². The van der Waals surface area contributed by atoms with Crippen molar-refractivity contribution in [1.29, 1.82) is 0 Å². The number of nitrogens with one attached hydrogen (secondary N) is 3. The monoisotopic (exact) mass is 399 g/mol. The summed E-state index contributed by atoms with van der Waals surface area (Å²) in [6.45, 7) is 8.38. The number of carbonyl (C=O) groups is 4. The first-order valence-corrected chi connectivity index (χ1v) is 9.17. The van der Waals surface area contributed by atoms with Gasteiger partial charge in [0, 0.05) is 18.5 Å². The highest BCUT2D eigenvalue weighted by molar-refractivity contribution is 6.02. The third kappa shape index (κ3) is 6.03. The predicted octanol–water partition coefficient (Wildman–Crippen LogP) is 1.96. The Hall–Kier alpha value is -3.42. The molecule has 0 radical (unpaired) electrons. The van der Waals surface area contributed by atoms with Crippen molar-refractivity contribution in [3.8, 4) is 0 Å². The predicted molar refractivity (Wildman–Crippen MR) is 107 cm³/mol. The molecule has 29 heavy (non-hydrogen) atoms. The van der Waals surface area contributed by atoms with Gasteiger partial charge in [0.05, 0.1) is 12.8 Å². The molecular weight excluding hydrogens is 374 g/mol. The van der Waals surface area contributed by atoms with Crippen LogP contribution >= 0.6 is 0 Å². The van der Waals surface area contributed by atoms with E-state index in [-0.39, 0.29) is 35.0 Å². The fourth-order valence-electron chi connectivity index (χ4n) is 3.26. The van der Waals surface area contributed by atoms with E-state index < -0.39 is 11.9 Å². The molecule has 2 atom stereocenters. The Morgan fingerprint density at radius 2 is 1.66 bits per heavy atom. The summed E-state index contributed by atoms with van der Waals surface area (Å²) >= 11 is 0. The topological polar surface area (TPSA) is 114 Å². The minimum Gasteiger partial charge on any atom is -0.464 e.